The van der Waals surface area contributed by atoms with Crippen molar-refractivity contribution in [1.29, 1.82) is 0 Å². The third-order valence-corrected chi connectivity index (χ3v) is 7.22. The molecule has 0 aliphatic rings. The lowest BCUT2D eigenvalue weighted by molar-refractivity contribution is 0.380. The summed E-state index contributed by atoms with van der Waals surface area (Å²) < 4.78 is 6.06. The van der Waals surface area contributed by atoms with Gasteiger partial charge in [-0.1, -0.05) is 44.2 Å². The molecule has 0 saturated heterocycles. The molecule has 0 unspecified atom stereocenters. The van der Waals surface area contributed by atoms with Crippen LogP contribution in [0.1, 0.15) is 64.2 Å². The number of aromatic hydroxyl groups is 2. The molecule has 0 saturated carbocycles. The lowest BCUT2D eigenvalue weighted by atomic mass is 9.86. The molecule has 0 fully saturated rings. The van der Waals surface area contributed by atoms with Gasteiger partial charge in [0.05, 0.1) is 17.0 Å². The fourth-order valence-corrected chi connectivity index (χ4v) is 5.28. The van der Waals surface area contributed by atoms with Gasteiger partial charge in [0.1, 0.15) is 0 Å². The van der Waals surface area contributed by atoms with Gasteiger partial charge in [0, 0.05) is 26.2 Å². The summed E-state index contributed by atoms with van der Waals surface area (Å²) in [6.07, 6.45) is 0. The molecule has 38 heavy (non-hydrogen) atoms. The van der Waals surface area contributed by atoms with Crippen molar-refractivity contribution in [1.82, 2.24) is 23.6 Å². The Bertz CT molecular complexity index is 1380. The first-order valence-corrected chi connectivity index (χ1v) is 13.9. The monoisotopic (exact) mass is 561 g/mol. The average molecular weight is 562 g/mol. The Balaban J connectivity index is 0.000000926. The van der Waals surface area contributed by atoms with Gasteiger partial charge in [-0.25, -0.2) is 0 Å². The van der Waals surface area contributed by atoms with E-state index in [-0.39, 0.29) is 45.5 Å². The SMILES string of the molecule is CCNCC.CCn1c(O)c(C(c2ccccc2)c2c(O)n(CC)c(=S)n(CC)c2=O)c(=O)n(CC)c1=S. The molecule has 0 radical (unpaired) electrons. The van der Waals surface area contributed by atoms with Gasteiger partial charge >= 0.3 is 0 Å². The maximum Gasteiger partial charge on any atom is 0.262 e. The van der Waals surface area contributed by atoms with Gasteiger partial charge in [-0.3, -0.25) is 27.9 Å². The molecule has 0 amide bonds. The molecule has 0 aliphatic heterocycles. The fourth-order valence-electron chi connectivity index (χ4n) is 4.43. The van der Waals surface area contributed by atoms with Crippen molar-refractivity contribution in [3.8, 4) is 11.8 Å². The van der Waals surface area contributed by atoms with E-state index in [1.807, 2.05) is 6.07 Å². The quantitative estimate of drug-likeness (QED) is 0.333. The van der Waals surface area contributed by atoms with E-state index in [1.54, 1.807) is 52.0 Å². The highest BCUT2D eigenvalue weighted by atomic mass is 32.1. The van der Waals surface area contributed by atoms with Crippen LogP contribution in [0.15, 0.2) is 39.9 Å². The van der Waals surface area contributed by atoms with Crippen molar-refractivity contribution in [2.75, 3.05) is 13.1 Å². The molecule has 9 nitrogen and oxygen atoms in total. The summed E-state index contributed by atoms with van der Waals surface area (Å²) in [6.45, 7) is 14.8. The summed E-state index contributed by atoms with van der Waals surface area (Å²) in [5.41, 5.74) is -0.486. The Hall–Kier alpha value is -3.02. The molecule has 11 heteroatoms. The van der Waals surface area contributed by atoms with E-state index in [2.05, 4.69) is 19.2 Å². The highest BCUT2D eigenvalue weighted by molar-refractivity contribution is 7.71. The highest BCUT2D eigenvalue weighted by Gasteiger charge is 2.33. The number of rotatable bonds is 9. The Morgan fingerprint density at radius 3 is 1.34 bits per heavy atom. The third-order valence-electron chi connectivity index (χ3n) is 6.34. The van der Waals surface area contributed by atoms with Gasteiger partial charge in [-0.2, -0.15) is 0 Å². The molecule has 0 atom stereocenters. The molecule has 2 heterocycles. The van der Waals surface area contributed by atoms with Gasteiger partial charge in [0.2, 0.25) is 11.8 Å². The van der Waals surface area contributed by atoms with Crippen molar-refractivity contribution in [2.45, 2.75) is 73.6 Å². The van der Waals surface area contributed by atoms with Crippen LogP contribution in [0.5, 0.6) is 11.8 Å². The minimum absolute atomic E-state index is 0.0201. The van der Waals surface area contributed by atoms with Gasteiger partial charge in [0.15, 0.2) is 9.54 Å². The number of benzene rings is 1. The summed E-state index contributed by atoms with van der Waals surface area (Å²) in [5.74, 6) is -1.68. The van der Waals surface area contributed by atoms with E-state index in [1.165, 1.54) is 18.3 Å². The van der Waals surface area contributed by atoms with Crippen LogP contribution in [0, 0.1) is 9.54 Å². The van der Waals surface area contributed by atoms with Crippen molar-refractivity contribution < 1.29 is 10.2 Å². The van der Waals surface area contributed by atoms with Crippen molar-refractivity contribution in [3.05, 3.63) is 77.3 Å². The third kappa shape index (κ3) is 6.00. The predicted octanol–water partition coefficient (Wildman–Crippen LogP) is 4.36. The molecule has 2 aromatic heterocycles. The van der Waals surface area contributed by atoms with E-state index in [4.69, 9.17) is 24.4 Å². The first-order valence-electron chi connectivity index (χ1n) is 13.0. The Kier molecular flexibility index (Phi) is 11.7. The molecular weight excluding hydrogens is 522 g/mol. The lowest BCUT2D eigenvalue weighted by Gasteiger charge is -2.24. The highest BCUT2D eigenvalue weighted by Crippen LogP contribution is 2.37. The molecular formula is C27H39N5O4S2. The smallest absolute Gasteiger partial charge is 0.262 e. The molecule has 0 bridgehead atoms. The summed E-state index contributed by atoms with van der Waals surface area (Å²) in [6, 6.07) is 8.87. The maximum atomic E-state index is 13.6. The van der Waals surface area contributed by atoms with Crippen LogP contribution >= 0.6 is 24.4 Å². The van der Waals surface area contributed by atoms with Crippen LogP contribution in [0.4, 0.5) is 0 Å². The minimum Gasteiger partial charge on any atom is -0.494 e. The van der Waals surface area contributed by atoms with Gasteiger partial charge in [-0.15, -0.1) is 0 Å². The molecule has 3 N–H and O–H groups in total. The van der Waals surface area contributed by atoms with E-state index >= 15 is 0 Å². The number of hydrogen-bond acceptors (Lipinski definition) is 7. The average Bonchev–Trinajstić information content (AvgIpc) is 2.90. The molecule has 1 aromatic carbocycles. The van der Waals surface area contributed by atoms with Crippen LogP contribution in [0.25, 0.3) is 0 Å². The number of aromatic nitrogens is 4. The van der Waals surface area contributed by atoms with Crippen molar-refractivity contribution in [3.63, 3.8) is 0 Å². The summed E-state index contributed by atoms with van der Waals surface area (Å²) in [4.78, 5) is 27.2. The molecule has 0 spiro atoms. The van der Waals surface area contributed by atoms with Gasteiger partial charge < -0.3 is 15.5 Å². The Morgan fingerprint density at radius 1 is 0.684 bits per heavy atom. The fraction of sp³-hybridized carbons (Fsp3) is 0.481. The number of nitrogens with zero attached hydrogens (tertiary/aromatic N) is 4. The second-order valence-corrected chi connectivity index (χ2v) is 9.16. The van der Waals surface area contributed by atoms with Crippen LogP contribution in [-0.2, 0) is 26.2 Å². The first kappa shape index (κ1) is 31.2. The molecule has 3 aromatic rings. The van der Waals surface area contributed by atoms with Crippen LogP contribution in [-0.4, -0.2) is 41.6 Å². The first-order chi connectivity index (χ1) is 18.2. The lowest BCUT2D eigenvalue weighted by Crippen LogP contribution is -2.34. The van der Waals surface area contributed by atoms with E-state index < -0.39 is 17.0 Å². The maximum absolute atomic E-state index is 13.6. The van der Waals surface area contributed by atoms with Crippen LogP contribution in [0.2, 0.25) is 0 Å². The molecule has 3 rings (SSSR count). The van der Waals surface area contributed by atoms with E-state index in [9.17, 15) is 19.8 Å². The Labute approximate surface area is 233 Å². The van der Waals surface area contributed by atoms with Gasteiger partial charge in [0.25, 0.3) is 11.1 Å². The normalized spacial score (nSPS) is 10.9. The Morgan fingerprint density at radius 2 is 1.05 bits per heavy atom. The number of hydrogen-bond donors (Lipinski definition) is 3. The molecule has 208 valence electrons. The van der Waals surface area contributed by atoms with Crippen LogP contribution < -0.4 is 16.4 Å². The van der Waals surface area contributed by atoms with Gasteiger partial charge in [-0.05, 0) is 70.8 Å². The zero-order chi connectivity index (χ0) is 28.6. The zero-order valence-corrected chi connectivity index (χ0v) is 24.7. The topological polar surface area (TPSA) is 106 Å². The summed E-state index contributed by atoms with van der Waals surface area (Å²) in [7, 11) is 0. The van der Waals surface area contributed by atoms with E-state index in [0.29, 0.717) is 18.7 Å². The second-order valence-electron chi connectivity index (χ2n) is 8.43. The minimum atomic E-state index is -1.04. The predicted molar refractivity (Wildman–Crippen MR) is 157 cm³/mol. The number of nitrogens with one attached hydrogen (secondary N) is 1. The summed E-state index contributed by atoms with van der Waals surface area (Å²) in [5, 5.41) is 25.5. The van der Waals surface area contributed by atoms with E-state index in [0.717, 1.165) is 13.1 Å². The zero-order valence-electron chi connectivity index (χ0n) is 23.0. The molecule has 0 aliphatic carbocycles. The van der Waals surface area contributed by atoms with Crippen molar-refractivity contribution >= 4 is 24.4 Å². The standard InChI is InChI=1S/C23H28N4O4S2.C4H11N/c1-5-24-18(28)16(19(29)25(6-2)22(24)32)15(14-12-10-9-11-13-14)17-20(30)26(7-3)23(33)27(8-4)21(17)31;1-3-5-4-2/h9-13,15,28,30H,5-8H2,1-4H3;5H,3-4H2,1-2H3. The van der Waals surface area contributed by atoms with Crippen LogP contribution in [0.3, 0.4) is 0 Å². The largest absolute Gasteiger partial charge is 0.494 e. The summed E-state index contributed by atoms with van der Waals surface area (Å²) >= 11 is 10.9. The second kappa shape index (κ2) is 14.2. The van der Waals surface area contributed by atoms with Crippen molar-refractivity contribution in [2.24, 2.45) is 0 Å².